The van der Waals surface area contributed by atoms with Gasteiger partial charge in [0.25, 0.3) is 5.91 Å². The molecule has 2 aromatic rings. The molecule has 24 heavy (non-hydrogen) atoms. The smallest absolute Gasteiger partial charge is 0.262 e. The lowest BCUT2D eigenvalue weighted by Gasteiger charge is -2.22. The molecule has 1 amide bonds. The van der Waals surface area contributed by atoms with Crippen LogP contribution in [0.15, 0.2) is 17.2 Å². The molecule has 5 nitrogen and oxygen atoms in total. The van der Waals surface area contributed by atoms with Crippen molar-refractivity contribution in [1.29, 1.82) is 5.26 Å². The quantitative estimate of drug-likeness (QED) is 0.682. The lowest BCUT2D eigenvalue weighted by atomic mass is 9.95. The topological polar surface area (TPSA) is 70.2 Å². The second-order valence-corrected chi connectivity index (χ2v) is 7.56. The largest absolute Gasteiger partial charge is 0.349 e. The molecule has 0 radical (unpaired) electrons. The van der Waals surface area contributed by atoms with Crippen LogP contribution >= 0.6 is 11.3 Å². The fourth-order valence-corrected chi connectivity index (χ4v) is 4.14. The summed E-state index contributed by atoms with van der Waals surface area (Å²) < 4.78 is 1.99. The Balaban J connectivity index is 1.62. The van der Waals surface area contributed by atoms with Crippen molar-refractivity contribution in [3.63, 3.8) is 0 Å². The van der Waals surface area contributed by atoms with E-state index in [0.29, 0.717) is 5.92 Å². The zero-order valence-electron chi connectivity index (χ0n) is 13.5. The predicted octanol–water partition coefficient (Wildman–Crippen LogP) is 3.63. The molecule has 6 heteroatoms. The van der Waals surface area contributed by atoms with Gasteiger partial charge in [-0.15, -0.1) is 11.3 Å². The van der Waals surface area contributed by atoms with Crippen LogP contribution in [0.3, 0.4) is 0 Å². The van der Waals surface area contributed by atoms with Crippen LogP contribution in [0.2, 0.25) is 0 Å². The van der Waals surface area contributed by atoms with E-state index in [4.69, 9.17) is 4.98 Å². The van der Waals surface area contributed by atoms with Gasteiger partial charge in [0.1, 0.15) is 11.6 Å². The number of hydrogen-bond acceptors (Lipinski definition) is 4. The highest BCUT2D eigenvalue weighted by molar-refractivity contribution is 7.15. The Morgan fingerprint density at radius 1 is 1.33 bits per heavy atom. The number of nitriles is 1. The van der Waals surface area contributed by atoms with E-state index in [1.165, 1.54) is 6.42 Å². The number of aromatic nitrogens is 2. The number of hydrogen-bond donors (Lipinski definition) is 1. The van der Waals surface area contributed by atoms with E-state index in [0.717, 1.165) is 54.9 Å². The van der Waals surface area contributed by atoms with Crippen molar-refractivity contribution in [2.75, 3.05) is 0 Å². The van der Waals surface area contributed by atoms with Crippen LogP contribution in [-0.2, 0) is 4.79 Å². The van der Waals surface area contributed by atoms with Gasteiger partial charge in [-0.25, -0.2) is 4.98 Å². The summed E-state index contributed by atoms with van der Waals surface area (Å²) in [6.45, 7) is 0. The lowest BCUT2D eigenvalue weighted by molar-refractivity contribution is -0.117. The SMILES string of the molecule is N#CC(=Cc1c(C2CC2)nc2sccn12)C(=O)NC1CCCCC1. The van der Waals surface area contributed by atoms with E-state index < -0.39 is 0 Å². The van der Waals surface area contributed by atoms with Crippen molar-refractivity contribution in [2.45, 2.75) is 56.9 Å². The number of rotatable bonds is 4. The van der Waals surface area contributed by atoms with Gasteiger partial charge in [0.15, 0.2) is 4.96 Å². The zero-order valence-corrected chi connectivity index (χ0v) is 14.3. The summed E-state index contributed by atoms with van der Waals surface area (Å²) in [6.07, 6.45) is 11.5. The van der Waals surface area contributed by atoms with Gasteiger partial charge in [-0.1, -0.05) is 19.3 Å². The number of thiazole rings is 1. The predicted molar refractivity (Wildman–Crippen MR) is 93.6 cm³/mol. The van der Waals surface area contributed by atoms with Gasteiger partial charge in [-0.05, 0) is 31.8 Å². The molecule has 2 heterocycles. The molecule has 2 aromatic heterocycles. The van der Waals surface area contributed by atoms with Crippen molar-refractivity contribution in [3.05, 3.63) is 28.5 Å². The fraction of sp³-hybridized carbons (Fsp3) is 0.500. The van der Waals surface area contributed by atoms with Gasteiger partial charge in [-0.3, -0.25) is 9.20 Å². The summed E-state index contributed by atoms with van der Waals surface area (Å²) in [5.41, 5.74) is 2.10. The molecule has 0 aromatic carbocycles. The monoisotopic (exact) mass is 340 g/mol. The molecule has 0 saturated heterocycles. The normalized spacial score (nSPS) is 19.4. The summed E-state index contributed by atoms with van der Waals surface area (Å²) in [5.74, 6) is 0.223. The first-order valence-electron chi connectivity index (χ1n) is 8.64. The van der Waals surface area contributed by atoms with Crippen molar-refractivity contribution in [3.8, 4) is 6.07 Å². The molecule has 0 unspecified atom stereocenters. The number of fused-ring (bicyclic) bond motifs is 1. The lowest BCUT2D eigenvalue weighted by Crippen LogP contribution is -2.36. The number of carbonyl (C=O) groups is 1. The Labute approximate surface area is 145 Å². The minimum atomic E-state index is -0.253. The first-order chi connectivity index (χ1) is 11.8. The van der Waals surface area contributed by atoms with E-state index in [2.05, 4.69) is 11.4 Å². The summed E-state index contributed by atoms with van der Waals surface area (Å²) in [7, 11) is 0. The molecule has 1 N–H and O–H groups in total. The van der Waals surface area contributed by atoms with Crippen LogP contribution < -0.4 is 5.32 Å². The highest BCUT2D eigenvalue weighted by atomic mass is 32.1. The van der Waals surface area contributed by atoms with Crippen molar-refractivity contribution < 1.29 is 4.79 Å². The average Bonchev–Trinajstić information content (AvgIpc) is 3.24. The van der Waals surface area contributed by atoms with E-state index >= 15 is 0 Å². The summed E-state index contributed by atoms with van der Waals surface area (Å²) >= 11 is 1.58. The molecule has 2 aliphatic carbocycles. The van der Waals surface area contributed by atoms with Gasteiger partial charge in [0.05, 0.1) is 11.4 Å². The van der Waals surface area contributed by atoms with Crippen molar-refractivity contribution in [2.24, 2.45) is 0 Å². The molecule has 124 valence electrons. The average molecular weight is 340 g/mol. The fourth-order valence-electron chi connectivity index (χ4n) is 3.42. The number of nitrogens with one attached hydrogen (secondary N) is 1. The molecule has 0 spiro atoms. The summed E-state index contributed by atoms with van der Waals surface area (Å²) in [5, 5.41) is 14.5. The van der Waals surface area contributed by atoms with E-state index in [1.807, 2.05) is 16.0 Å². The molecule has 2 fully saturated rings. The third-order valence-electron chi connectivity index (χ3n) is 4.88. The molecule has 2 aliphatic rings. The minimum Gasteiger partial charge on any atom is -0.349 e. The molecule has 0 aliphatic heterocycles. The summed E-state index contributed by atoms with van der Waals surface area (Å²) in [4.78, 5) is 18.1. The first-order valence-corrected chi connectivity index (χ1v) is 9.52. The first kappa shape index (κ1) is 15.4. The van der Waals surface area contributed by atoms with Gasteiger partial charge in [-0.2, -0.15) is 5.26 Å². The Bertz CT molecular complexity index is 831. The zero-order chi connectivity index (χ0) is 16.5. The number of imidazole rings is 1. The third-order valence-corrected chi connectivity index (χ3v) is 5.63. The maximum absolute atomic E-state index is 12.5. The van der Waals surface area contributed by atoms with Gasteiger partial charge in [0.2, 0.25) is 0 Å². The molecule has 0 bridgehead atoms. The molecule has 2 saturated carbocycles. The van der Waals surface area contributed by atoms with E-state index in [1.54, 1.807) is 17.4 Å². The van der Waals surface area contributed by atoms with E-state index in [9.17, 15) is 10.1 Å². The molecular formula is C18H20N4OS. The van der Waals surface area contributed by atoms with Gasteiger partial charge < -0.3 is 5.32 Å². The Morgan fingerprint density at radius 3 is 2.83 bits per heavy atom. The number of amides is 1. The Morgan fingerprint density at radius 2 is 2.12 bits per heavy atom. The number of carbonyl (C=O) groups excluding carboxylic acids is 1. The summed E-state index contributed by atoms with van der Waals surface area (Å²) in [6, 6.07) is 2.29. The van der Waals surface area contributed by atoms with Crippen LogP contribution in [0, 0.1) is 11.3 Å². The second kappa shape index (κ2) is 6.40. The third kappa shape index (κ3) is 2.96. The van der Waals surface area contributed by atoms with Crippen molar-refractivity contribution >= 4 is 28.3 Å². The van der Waals surface area contributed by atoms with Gasteiger partial charge >= 0.3 is 0 Å². The number of nitrogens with zero attached hydrogens (tertiary/aromatic N) is 3. The standard InChI is InChI=1S/C18H20N4OS/c19-11-13(17(23)20-14-4-2-1-3-5-14)10-15-16(12-6-7-12)21-18-22(15)8-9-24-18/h8-10,12,14H,1-7H2,(H,20,23). The van der Waals surface area contributed by atoms with E-state index in [-0.39, 0.29) is 17.5 Å². The van der Waals surface area contributed by atoms with Crippen molar-refractivity contribution in [1.82, 2.24) is 14.7 Å². The van der Waals surface area contributed by atoms with Gasteiger partial charge in [0, 0.05) is 23.5 Å². The Kier molecular flexibility index (Phi) is 4.11. The van der Waals surface area contributed by atoms with Crippen LogP contribution in [-0.4, -0.2) is 21.3 Å². The highest BCUT2D eigenvalue weighted by Crippen LogP contribution is 2.42. The molecule has 4 rings (SSSR count). The van der Waals surface area contributed by atoms with Crippen LogP contribution in [0.5, 0.6) is 0 Å². The maximum Gasteiger partial charge on any atom is 0.262 e. The van der Waals surface area contributed by atoms with Crippen LogP contribution in [0.1, 0.15) is 62.3 Å². The molecular weight excluding hydrogens is 320 g/mol. The Hall–Kier alpha value is -2.13. The maximum atomic E-state index is 12.5. The highest BCUT2D eigenvalue weighted by Gasteiger charge is 2.30. The van der Waals surface area contributed by atoms with Crippen LogP contribution in [0.4, 0.5) is 0 Å². The van der Waals surface area contributed by atoms with Crippen LogP contribution in [0.25, 0.3) is 11.0 Å². The molecule has 0 atom stereocenters. The second-order valence-electron chi connectivity index (χ2n) is 6.69. The minimum absolute atomic E-state index is 0.176.